The van der Waals surface area contributed by atoms with Crippen molar-refractivity contribution in [2.24, 2.45) is 11.1 Å². The number of piperidine rings is 1. The molecular weight excluding hydrogens is 392 g/mol. The first-order chi connectivity index (χ1) is 12.4. The Morgan fingerprint density at radius 1 is 1.22 bits per heavy atom. The van der Waals surface area contributed by atoms with Crippen molar-refractivity contribution in [3.05, 3.63) is 29.8 Å². The lowest BCUT2D eigenvalue weighted by Crippen LogP contribution is -2.52. The predicted molar refractivity (Wildman–Crippen MR) is 105 cm³/mol. The molecule has 1 aromatic rings. The number of carbonyl (C=O) groups is 1. The zero-order valence-corrected chi connectivity index (χ0v) is 17.0. The van der Waals surface area contributed by atoms with E-state index in [0.29, 0.717) is 39.0 Å². The molecule has 3 N–H and O–H groups in total. The van der Waals surface area contributed by atoms with Crippen LogP contribution in [0, 0.1) is 5.92 Å². The van der Waals surface area contributed by atoms with Gasteiger partial charge in [0.2, 0.25) is 5.91 Å². The Labute approximate surface area is 166 Å². The fourth-order valence-corrected chi connectivity index (χ4v) is 4.50. The van der Waals surface area contributed by atoms with Crippen molar-refractivity contribution in [1.29, 1.82) is 0 Å². The summed E-state index contributed by atoms with van der Waals surface area (Å²) in [5.41, 5.74) is 0.984. The molecule has 2 fully saturated rings. The minimum Gasteiger partial charge on any atom is -0.496 e. The van der Waals surface area contributed by atoms with Crippen LogP contribution < -0.4 is 15.2 Å². The Kier molecular flexibility index (Phi) is 7.47. The number of nitrogens with two attached hydrogens (primary N) is 1. The molecule has 1 atom stereocenters. The summed E-state index contributed by atoms with van der Waals surface area (Å²) in [6, 6.07) is 7.65. The third-order valence-corrected chi connectivity index (χ3v) is 6.27. The molecule has 0 aromatic heterocycles. The maximum atomic E-state index is 13.2. The number of hydrogen-bond acceptors (Lipinski definition) is 5. The van der Waals surface area contributed by atoms with Crippen molar-refractivity contribution in [2.45, 2.75) is 18.9 Å². The number of amides is 1. The van der Waals surface area contributed by atoms with Crippen LogP contribution in [0.5, 0.6) is 5.75 Å². The van der Waals surface area contributed by atoms with Crippen LogP contribution >= 0.6 is 12.4 Å². The van der Waals surface area contributed by atoms with Crippen molar-refractivity contribution in [3.63, 3.8) is 0 Å². The molecule has 3 rings (SSSR count). The number of hydrogen-bond donors (Lipinski definition) is 2. The molecule has 1 amide bonds. The molecule has 0 aliphatic carbocycles. The monoisotopic (exact) mass is 418 g/mol. The van der Waals surface area contributed by atoms with Crippen molar-refractivity contribution in [2.75, 3.05) is 39.8 Å². The topological polar surface area (TPSA) is 105 Å². The highest BCUT2D eigenvalue weighted by atomic mass is 35.5. The van der Waals surface area contributed by atoms with Crippen LogP contribution in [-0.2, 0) is 15.0 Å². The van der Waals surface area contributed by atoms with Crippen LogP contribution in [0.2, 0.25) is 0 Å². The second-order valence-corrected chi connectivity index (χ2v) is 8.26. The van der Waals surface area contributed by atoms with Gasteiger partial charge in [0.25, 0.3) is 10.2 Å². The molecular formula is C17H27ClN4O4S. The number of ether oxygens (including phenoxy) is 1. The minimum atomic E-state index is -3.68. The molecule has 0 saturated carbocycles. The molecule has 10 heteroatoms. The average Bonchev–Trinajstić information content (AvgIpc) is 2.67. The standard InChI is InChI=1S/C17H26N4O4S.ClH/c1-25-16-5-3-2-4-14(16)15-12-19-8-11-21(15)17(22)13-6-9-20(10-7-13)26(18,23)24;/h2-5,13,15,19H,6-12H2,1H3,(H2,18,23,24);1H. The summed E-state index contributed by atoms with van der Waals surface area (Å²) in [7, 11) is -2.05. The minimum absolute atomic E-state index is 0. The lowest BCUT2D eigenvalue weighted by molar-refractivity contribution is -0.140. The molecule has 27 heavy (non-hydrogen) atoms. The van der Waals surface area contributed by atoms with E-state index in [4.69, 9.17) is 9.88 Å². The molecule has 2 saturated heterocycles. The van der Waals surface area contributed by atoms with Gasteiger partial charge in [-0.3, -0.25) is 4.79 Å². The summed E-state index contributed by atoms with van der Waals surface area (Å²) < 4.78 is 29.6. The van der Waals surface area contributed by atoms with Gasteiger partial charge >= 0.3 is 0 Å². The molecule has 1 unspecified atom stereocenters. The van der Waals surface area contributed by atoms with E-state index in [0.717, 1.165) is 17.9 Å². The van der Waals surface area contributed by atoms with E-state index in [1.54, 1.807) is 7.11 Å². The van der Waals surface area contributed by atoms with Gasteiger partial charge in [0.05, 0.1) is 13.2 Å². The SMILES string of the molecule is COc1ccccc1C1CNCCN1C(=O)C1CCN(S(N)(=O)=O)CC1.Cl. The van der Waals surface area contributed by atoms with E-state index < -0.39 is 10.2 Å². The lowest BCUT2D eigenvalue weighted by Gasteiger charge is -2.40. The van der Waals surface area contributed by atoms with Crippen molar-refractivity contribution >= 4 is 28.5 Å². The van der Waals surface area contributed by atoms with Gasteiger partial charge in [0.15, 0.2) is 0 Å². The van der Waals surface area contributed by atoms with E-state index in [1.165, 1.54) is 4.31 Å². The lowest BCUT2D eigenvalue weighted by atomic mass is 9.93. The van der Waals surface area contributed by atoms with Crippen LogP contribution in [0.15, 0.2) is 24.3 Å². The summed E-state index contributed by atoms with van der Waals surface area (Å²) >= 11 is 0. The van der Waals surface area contributed by atoms with Crippen LogP contribution in [-0.4, -0.2) is 63.4 Å². The smallest absolute Gasteiger partial charge is 0.276 e. The van der Waals surface area contributed by atoms with Gasteiger partial charge < -0.3 is 15.0 Å². The van der Waals surface area contributed by atoms with Crippen LogP contribution in [0.25, 0.3) is 0 Å². The quantitative estimate of drug-likeness (QED) is 0.741. The number of nitrogens with zero attached hydrogens (tertiary/aromatic N) is 2. The van der Waals surface area contributed by atoms with Crippen molar-refractivity contribution < 1.29 is 17.9 Å². The summed E-state index contributed by atoms with van der Waals surface area (Å²) in [6.45, 7) is 2.62. The van der Waals surface area contributed by atoms with Crippen LogP contribution in [0.1, 0.15) is 24.4 Å². The van der Waals surface area contributed by atoms with Crippen LogP contribution in [0.3, 0.4) is 0 Å². The zero-order chi connectivity index (χ0) is 18.7. The number of nitrogens with one attached hydrogen (secondary N) is 1. The average molecular weight is 419 g/mol. The van der Waals surface area contributed by atoms with Gasteiger partial charge in [-0.15, -0.1) is 12.4 Å². The molecule has 0 radical (unpaired) electrons. The van der Waals surface area contributed by atoms with Crippen molar-refractivity contribution in [3.8, 4) is 5.75 Å². The van der Waals surface area contributed by atoms with Crippen LogP contribution in [0.4, 0.5) is 0 Å². The number of methoxy groups -OCH3 is 1. The summed E-state index contributed by atoms with van der Waals surface area (Å²) in [5, 5.41) is 8.53. The number of rotatable bonds is 4. The third-order valence-electron chi connectivity index (χ3n) is 5.19. The Morgan fingerprint density at radius 2 is 1.89 bits per heavy atom. The van der Waals surface area contributed by atoms with Gasteiger partial charge in [-0.05, 0) is 18.9 Å². The van der Waals surface area contributed by atoms with E-state index in [1.807, 2.05) is 29.2 Å². The molecule has 0 spiro atoms. The summed E-state index contributed by atoms with van der Waals surface area (Å²) in [5.74, 6) is 0.669. The maximum absolute atomic E-state index is 13.2. The second kappa shape index (κ2) is 9.20. The Morgan fingerprint density at radius 3 is 2.52 bits per heavy atom. The highest BCUT2D eigenvalue weighted by Crippen LogP contribution is 2.32. The fraction of sp³-hybridized carbons (Fsp3) is 0.588. The first-order valence-electron chi connectivity index (χ1n) is 8.84. The highest BCUT2D eigenvalue weighted by molar-refractivity contribution is 7.86. The Bertz CT molecular complexity index is 753. The normalized spacial score (nSPS) is 22.1. The first kappa shape index (κ1) is 21.9. The van der Waals surface area contributed by atoms with Crippen molar-refractivity contribution in [1.82, 2.24) is 14.5 Å². The Hall–Kier alpha value is -1.39. The van der Waals surface area contributed by atoms with E-state index in [-0.39, 0.29) is 30.3 Å². The second-order valence-electron chi connectivity index (χ2n) is 6.71. The molecule has 2 aliphatic heterocycles. The number of para-hydroxylation sites is 1. The van der Waals surface area contributed by atoms with Gasteiger partial charge in [-0.2, -0.15) is 12.7 Å². The Balaban J connectivity index is 0.00000261. The van der Waals surface area contributed by atoms with Gasteiger partial charge in [0.1, 0.15) is 5.75 Å². The summed E-state index contributed by atoms with van der Waals surface area (Å²) in [4.78, 5) is 15.1. The van der Waals surface area contributed by atoms with Gasteiger partial charge in [-0.25, -0.2) is 5.14 Å². The highest BCUT2D eigenvalue weighted by Gasteiger charge is 2.36. The number of halogens is 1. The molecule has 0 bridgehead atoms. The summed E-state index contributed by atoms with van der Waals surface area (Å²) in [6.07, 6.45) is 0.996. The van der Waals surface area contributed by atoms with E-state index in [2.05, 4.69) is 5.32 Å². The van der Waals surface area contributed by atoms with E-state index in [9.17, 15) is 13.2 Å². The molecule has 2 aliphatic rings. The number of carbonyl (C=O) groups excluding carboxylic acids is 1. The number of piperazine rings is 1. The first-order valence-corrected chi connectivity index (χ1v) is 10.3. The molecule has 1 aromatic carbocycles. The molecule has 152 valence electrons. The molecule has 2 heterocycles. The van der Waals surface area contributed by atoms with E-state index >= 15 is 0 Å². The third kappa shape index (κ3) is 4.91. The largest absolute Gasteiger partial charge is 0.496 e. The fourth-order valence-electron chi connectivity index (χ4n) is 3.78. The van der Waals surface area contributed by atoms with Gasteiger partial charge in [0, 0.05) is 44.2 Å². The number of benzene rings is 1. The zero-order valence-electron chi connectivity index (χ0n) is 15.3. The predicted octanol–water partition coefficient (Wildman–Crippen LogP) is 0.505. The van der Waals surface area contributed by atoms with Gasteiger partial charge in [-0.1, -0.05) is 18.2 Å². The maximum Gasteiger partial charge on any atom is 0.276 e. The molecule has 8 nitrogen and oxygen atoms in total.